The van der Waals surface area contributed by atoms with Crippen LogP contribution in [0.5, 0.6) is 0 Å². The topological polar surface area (TPSA) is 166 Å². The first kappa shape index (κ1) is 44.2. The summed E-state index contributed by atoms with van der Waals surface area (Å²) in [4.78, 5) is 33.8. The van der Waals surface area contributed by atoms with Gasteiger partial charge in [0.25, 0.3) is 11.8 Å². The first-order valence-electron chi connectivity index (χ1n) is 23.6. The summed E-state index contributed by atoms with van der Waals surface area (Å²) in [5.74, 6) is 1.16. The lowest BCUT2D eigenvalue weighted by atomic mass is 9.81. The maximum Gasteiger partial charge on any atom is 0.305 e. The molecule has 0 radical (unpaired) electrons. The van der Waals surface area contributed by atoms with Crippen molar-refractivity contribution >= 4 is 39.4 Å². The van der Waals surface area contributed by atoms with Gasteiger partial charge in [0, 0.05) is 88.3 Å². The molecule has 13 nitrogen and oxygen atoms in total. The molecule has 0 spiro atoms. The Hall–Kier alpha value is -7.02. The van der Waals surface area contributed by atoms with Crippen LogP contribution in [0.15, 0.2) is 106 Å². The Bertz CT molecular complexity index is 2760. The van der Waals surface area contributed by atoms with Crippen molar-refractivity contribution in [1.82, 2.24) is 29.4 Å². The van der Waals surface area contributed by atoms with Crippen molar-refractivity contribution in [3.63, 3.8) is 0 Å². The number of nitrogens with zero attached hydrogens (tertiary/aromatic N) is 7. The standard InChI is InChI=1S/C27H29N3O3.C26H28N4O3/c1-2-18-17-20(11-12-21(18)19-7-4-3-5-8-19)27-28-26(29-33-27)23-9-6-10-24-22(23)13-15-30(24)16-14-25(31)32;1-2-18-17-19(9-10-22(18)29-13-4-3-5-14-29)26-27-25(28-33-26)21-7-6-8-23-20(21)11-15-30(23)16-12-24(31)32/h6,9-13,15,17,19H,2-5,7-8,14,16H2,1H3,(H,31,32);6-11,15,17H,2-5,12-14,16H2,1H3,(H,31,32). The molecule has 1 saturated carbocycles. The lowest BCUT2D eigenvalue weighted by Crippen LogP contribution is -2.30. The van der Waals surface area contributed by atoms with Gasteiger partial charge in [0.15, 0.2) is 0 Å². The lowest BCUT2D eigenvalue weighted by Gasteiger charge is -2.30. The predicted molar refractivity (Wildman–Crippen MR) is 256 cm³/mol. The number of piperidine rings is 1. The maximum absolute atomic E-state index is 11.0. The average molecular weight is 888 g/mol. The van der Waals surface area contributed by atoms with Gasteiger partial charge in [-0.3, -0.25) is 9.59 Å². The van der Waals surface area contributed by atoms with Crippen molar-refractivity contribution < 1.29 is 28.8 Å². The number of carbonyl (C=O) groups is 2. The molecule has 13 heteroatoms. The fourth-order valence-electron chi connectivity index (χ4n) is 9.86. The zero-order valence-corrected chi connectivity index (χ0v) is 37.8. The minimum atomic E-state index is -0.812. The fraction of sp³-hybridized carbons (Fsp3) is 0.358. The van der Waals surface area contributed by atoms with E-state index in [1.807, 2.05) is 70.1 Å². The second kappa shape index (κ2) is 20.0. The zero-order chi connectivity index (χ0) is 45.6. The molecule has 8 aromatic rings. The predicted octanol–water partition coefficient (Wildman–Crippen LogP) is 11.8. The van der Waals surface area contributed by atoms with Crippen LogP contribution in [0.2, 0.25) is 0 Å². The van der Waals surface area contributed by atoms with Crippen molar-refractivity contribution in [3.8, 4) is 45.7 Å². The van der Waals surface area contributed by atoms with Crippen LogP contribution in [0.25, 0.3) is 67.5 Å². The monoisotopic (exact) mass is 887 g/mol. The van der Waals surface area contributed by atoms with E-state index in [2.05, 4.69) is 65.5 Å². The van der Waals surface area contributed by atoms with Crippen LogP contribution in [0, 0.1) is 0 Å². The highest BCUT2D eigenvalue weighted by Crippen LogP contribution is 2.37. The summed E-state index contributed by atoms with van der Waals surface area (Å²) in [5, 5.41) is 28.5. The highest BCUT2D eigenvalue weighted by molar-refractivity contribution is 5.95. The molecule has 5 heterocycles. The number of fused-ring (bicyclic) bond motifs is 2. The van der Waals surface area contributed by atoms with Gasteiger partial charge in [-0.1, -0.05) is 73.8 Å². The van der Waals surface area contributed by atoms with Crippen LogP contribution in [-0.4, -0.2) is 64.7 Å². The summed E-state index contributed by atoms with van der Waals surface area (Å²) < 4.78 is 15.2. The number of hydrogen-bond acceptors (Lipinski definition) is 9. The second-order valence-corrected chi connectivity index (χ2v) is 17.5. The van der Waals surface area contributed by atoms with Gasteiger partial charge in [0.1, 0.15) is 0 Å². The summed E-state index contributed by atoms with van der Waals surface area (Å²) >= 11 is 0. The molecule has 2 aliphatic rings. The number of benzene rings is 4. The van der Waals surface area contributed by atoms with Crippen LogP contribution in [0.1, 0.15) is 101 Å². The summed E-state index contributed by atoms with van der Waals surface area (Å²) in [6, 6.07) is 28.8. The zero-order valence-electron chi connectivity index (χ0n) is 37.8. The van der Waals surface area contributed by atoms with Crippen molar-refractivity contribution in [2.24, 2.45) is 0 Å². The Morgan fingerprint density at radius 2 is 1.14 bits per heavy atom. The van der Waals surface area contributed by atoms with Crippen LogP contribution in [-0.2, 0) is 35.5 Å². The quantitative estimate of drug-likeness (QED) is 0.107. The first-order chi connectivity index (χ1) is 32.3. The third kappa shape index (κ3) is 9.52. The van der Waals surface area contributed by atoms with E-state index in [1.165, 1.54) is 73.7 Å². The average Bonchev–Trinajstić information content (AvgIpc) is 4.20. The lowest BCUT2D eigenvalue weighted by molar-refractivity contribution is -0.138. The SMILES string of the molecule is CCc1cc(-c2nc(-c3cccc4c3ccn4CCC(=O)O)no2)ccc1C1CCCCC1.CCc1cc(-c2nc(-c3cccc4c3ccn4CCC(=O)O)no2)ccc1N1CCCCC1. The Morgan fingerprint density at radius 3 is 1.67 bits per heavy atom. The Balaban J connectivity index is 0.000000166. The molecule has 0 unspecified atom stereocenters. The highest BCUT2D eigenvalue weighted by Gasteiger charge is 2.22. The van der Waals surface area contributed by atoms with Crippen molar-refractivity contribution in [1.29, 1.82) is 0 Å². The van der Waals surface area contributed by atoms with E-state index in [1.54, 1.807) is 0 Å². The number of anilines is 1. The normalized spacial score (nSPS) is 14.4. The van der Waals surface area contributed by atoms with Gasteiger partial charge >= 0.3 is 11.9 Å². The molecule has 0 atom stereocenters. The second-order valence-electron chi connectivity index (χ2n) is 17.5. The summed E-state index contributed by atoms with van der Waals surface area (Å²) in [5.41, 5.74) is 11.0. The van der Waals surface area contributed by atoms with Crippen molar-refractivity contribution in [3.05, 3.63) is 114 Å². The molecule has 340 valence electrons. The molecule has 1 saturated heterocycles. The van der Waals surface area contributed by atoms with E-state index < -0.39 is 11.9 Å². The number of carboxylic acid groups (broad SMARTS) is 2. The van der Waals surface area contributed by atoms with Gasteiger partial charge in [-0.25, -0.2) is 0 Å². The summed E-state index contributed by atoms with van der Waals surface area (Å²) in [6.45, 7) is 7.47. The number of rotatable bonds is 14. The summed E-state index contributed by atoms with van der Waals surface area (Å²) in [7, 11) is 0. The Kier molecular flexibility index (Phi) is 13.4. The fourth-order valence-corrected chi connectivity index (χ4v) is 9.86. The number of hydrogen-bond donors (Lipinski definition) is 2. The van der Waals surface area contributed by atoms with Crippen LogP contribution in [0.4, 0.5) is 5.69 Å². The van der Waals surface area contributed by atoms with Gasteiger partial charge in [-0.2, -0.15) is 9.97 Å². The number of aromatic nitrogens is 6. The van der Waals surface area contributed by atoms with E-state index >= 15 is 0 Å². The molecule has 10 rings (SSSR count). The Labute approximate surface area is 384 Å². The maximum atomic E-state index is 11.0. The third-order valence-electron chi connectivity index (χ3n) is 13.3. The van der Waals surface area contributed by atoms with Gasteiger partial charge in [0.2, 0.25) is 11.6 Å². The number of carboxylic acids is 2. The van der Waals surface area contributed by atoms with E-state index in [0.29, 0.717) is 42.4 Å². The molecule has 66 heavy (non-hydrogen) atoms. The molecular formula is C53H57N7O6. The van der Waals surface area contributed by atoms with Crippen LogP contribution < -0.4 is 4.90 Å². The largest absolute Gasteiger partial charge is 0.481 e. The van der Waals surface area contributed by atoms with Gasteiger partial charge in [-0.15, -0.1) is 0 Å². The molecule has 4 aromatic carbocycles. The molecule has 1 aliphatic carbocycles. The molecular weight excluding hydrogens is 831 g/mol. The molecule has 0 amide bonds. The van der Waals surface area contributed by atoms with E-state index in [-0.39, 0.29) is 12.8 Å². The molecule has 0 bridgehead atoms. The third-order valence-corrected chi connectivity index (χ3v) is 13.3. The molecule has 1 aliphatic heterocycles. The molecule has 4 aromatic heterocycles. The smallest absolute Gasteiger partial charge is 0.305 e. The number of aryl methyl sites for hydroxylation is 4. The minimum Gasteiger partial charge on any atom is -0.481 e. The Morgan fingerprint density at radius 1 is 0.621 bits per heavy atom. The van der Waals surface area contributed by atoms with Gasteiger partial charge in [-0.05, 0) is 122 Å². The van der Waals surface area contributed by atoms with Gasteiger partial charge < -0.3 is 33.3 Å². The molecule has 2 fully saturated rings. The first-order valence-corrected chi connectivity index (χ1v) is 23.6. The summed E-state index contributed by atoms with van der Waals surface area (Å²) in [6.07, 6.45) is 16.3. The van der Waals surface area contributed by atoms with Crippen molar-refractivity contribution in [2.75, 3.05) is 18.0 Å². The molecule has 2 N–H and O–H groups in total. The van der Waals surface area contributed by atoms with Crippen LogP contribution >= 0.6 is 0 Å². The minimum absolute atomic E-state index is 0.0769. The number of aliphatic carboxylic acids is 2. The van der Waals surface area contributed by atoms with Crippen molar-refractivity contribution in [2.45, 2.75) is 110 Å². The highest BCUT2D eigenvalue weighted by atomic mass is 16.5. The van der Waals surface area contributed by atoms with Gasteiger partial charge in [0.05, 0.1) is 12.8 Å². The van der Waals surface area contributed by atoms with E-state index in [0.717, 1.165) is 70.0 Å². The van der Waals surface area contributed by atoms with E-state index in [9.17, 15) is 9.59 Å². The van der Waals surface area contributed by atoms with E-state index in [4.69, 9.17) is 29.2 Å². The van der Waals surface area contributed by atoms with Crippen LogP contribution in [0.3, 0.4) is 0 Å².